The molecule has 0 fully saturated rings. The smallest absolute Gasteiger partial charge is 0.311 e. The molecule has 1 aromatic carbocycles. The molecule has 0 aliphatic rings. The SMILES string of the molecule is CCCCCCCOC(=O)CCCCC(=O)Oc1cc(Cl)cc(Cl)c1Cl. The van der Waals surface area contributed by atoms with E-state index >= 15 is 0 Å². The molecule has 0 saturated carbocycles. The second-order valence-electron chi connectivity index (χ2n) is 6.02. The molecular formula is C19H25Cl3O4. The lowest BCUT2D eigenvalue weighted by atomic mass is 10.2. The molecule has 0 heterocycles. The van der Waals surface area contributed by atoms with Gasteiger partial charge in [0.1, 0.15) is 5.02 Å². The first-order valence-corrected chi connectivity index (χ1v) is 10.1. The normalized spacial score (nSPS) is 10.6. The molecular weight excluding hydrogens is 399 g/mol. The monoisotopic (exact) mass is 422 g/mol. The van der Waals surface area contributed by atoms with Crippen molar-refractivity contribution in [2.45, 2.75) is 64.7 Å². The Hall–Kier alpha value is -0.970. The zero-order chi connectivity index (χ0) is 19.4. The molecule has 1 rings (SSSR count). The van der Waals surface area contributed by atoms with Crippen LogP contribution in [0.15, 0.2) is 12.1 Å². The number of halogens is 3. The standard InChI is InChI=1S/C19H25Cl3O4/c1-2-3-4-5-8-11-25-17(23)9-6-7-10-18(24)26-16-13-14(20)12-15(21)19(16)22/h12-13H,2-11H2,1H3. The van der Waals surface area contributed by atoms with Crippen LogP contribution < -0.4 is 4.74 Å². The van der Waals surface area contributed by atoms with E-state index in [-0.39, 0.29) is 28.2 Å². The first-order valence-electron chi connectivity index (χ1n) is 8.95. The number of rotatable bonds is 12. The number of carbonyl (C=O) groups is 2. The van der Waals surface area contributed by atoms with Crippen molar-refractivity contribution < 1.29 is 19.1 Å². The Morgan fingerprint density at radius 1 is 0.885 bits per heavy atom. The van der Waals surface area contributed by atoms with Gasteiger partial charge in [-0.25, -0.2) is 0 Å². The molecule has 146 valence electrons. The third kappa shape index (κ3) is 9.65. The van der Waals surface area contributed by atoms with Crippen molar-refractivity contribution in [3.8, 4) is 5.75 Å². The molecule has 26 heavy (non-hydrogen) atoms. The Morgan fingerprint density at radius 3 is 2.23 bits per heavy atom. The largest absolute Gasteiger partial charge is 0.466 e. The van der Waals surface area contributed by atoms with Gasteiger partial charge in [-0.2, -0.15) is 0 Å². The minimum Gasteiger partial charge on any atom is -0.466 e. The maximum absolute atomic E-state index is 11.8. The van der Waals surface area contributed by atoms with Crippen LogP contribution >= 0.6 is 34.8 Å². The van der Waals surface area contributed by atoms with Crippen LogP contribution in [0.4, 0.5) is 0 Å². The summed E-state index contributed by atoms with van der Waals surface area (Å²) in [6, 6.07) is 2.91. The van der Waals surface area contributed by atoms with E-state index in [1.165, 1.54) is 31.4 Å². The van der Waals surface area contributed by atoms with Crippen molar-refractivity contribution in [3.63, 3.8) is 0 Å². The highest BCUT2D eigenvalue weighted by atomic mass is 35.5. The van der Waals surface area contributed by atoms with E-state index in [9.17, 15) is 9.59 Å². The molecule has 0 aromatic heterocycles. The van der Waals surface area contributed by atoms with E-state index in [1.54, 1.807) is 0 Å². The predicted octanol–water partition coefficient (Wildman–Crippen LogP) is 6.63. The van der Waals surface area contributed by atoms with Gasteiger partial charge in [0.15, 0.2) is 5.75 Å². The number of hydrogen-bond acceptors (Lipinski definition) is 4. The highest BCUT2D eigenvalue weighted by Crippen LogP contribution is 2.35. The molecule has 1 aromatic rings. The van der Waals surface area contributed by atoms with Gasteiger partial charge < -0.3 is 9.47 Å². The molecule has 0 radical (unpaired) electrons. The van der Waals surface area contributed by atoms with Crippen LogP contribution in [0.25, 0.3) is 0 Å². The van der Waals surface area contributed by atoms with E-state index in [1.807, 2.05) is 0 Å². The minimum absolute atomic E-state index is 0.136. The van der Waals surface area contributed by atoms with Crippen molar-refractivity contribution in [2.24, 2.45) is 0 Å². The van der Waals surface area contributed by atoms with Gasteiger partial charge in [-0.15, -0.1) is 0 Å². The van der Waals surface area contributed by atoms with Crippen LogP contribution in [-0.4, -0.2) is 18.5 Å². The van der Waals surface area contributed by atoms with Gasteiger partial charge in [0.05, 0.1) is 11.6 Å². The summed E-state index contributed by atoms with van der Waals surface area (Å²) in [5, 5.41) is 0.700. The second-order valence-corrected chi connectivity index (χ2v) is 7.24. The molecule has 0 spiro atoms. The van der Waals surface area contributed by atoms with Gasteiger partial charge in [0.2, 0.25) is 0 Å². The van der Waals surface area contributed by atoms with Crippen LogP contribution in [-0.2, 0) is 14.3 Å². The number of esters is 2. The number of hydrogen-bond donors (Lipinski definition) is 0. The first-order chi connectivity index (χ1) is 12.4. The van der Waals surface area contributed by atoms with E-state index < -0.39 is 5.97 Å². The van der Waals surface area contributed by atoms with Gasteiger partial charge in [0.25, 0.3) is 0 Å². The zero-order valence-corrected chi connectivity index (χ0v) is 17.3. The van der Waals surface area contributed by atoms with Gasteiger partial charge in [-0.1, -0.05) is 67.4 Å². The fourth-order valence-electron chi connectivity index (χ4n) is 2.28. The van der Waals surface area contributed by atoms with Crippen molar-refractivity contribution in [1.29, 1.82) is 0 Å². The van der Waals surface area contributed by atoms with Gasteiger partial charge >= 0.3 is 11.9 Å². The number of carbonyl (C=O) groups excluding carboxylic acids is 2. The maximum Gasteiger partial charge on any atom is 0.311 e. The van der Waals surface area contributed by atoms with Crippen molar-refractivity contribution in [1.82, 2.24) is 0 Å². The Kier molecular flexibility index (Phi) is 11.7. The molecule has 0 unspecified atom stereocenters. The first kappa shape index (κ1) is 23.1. The Labute approximate surface area is 170 Å². The van der Waals surface area contributed by atoms with Gasteiger partial charge in [-0.05, 0) is 25.3 Å². The molecule has 0 aliphatic carbocycles. The highest BCUT2D eigenvalue weighted by Gasteiger charge is 2.13. The Morgan fingerprint density at radius 2 is 1.54 bits per heavy atom. The number of unbranched alkanes of at least 4 members (excludes halogenated alkanes) is 5. The van der Waals surface area contributed by atoms with E-state index in [2.05, 4.69) is 6.92 Å². The number of benzene rings is 1. The molecule has 4 nitrogen and oxygen atoms in total. The second kappa shape index (κ2) is 13.2. The Balaban J connectivity index is 2.16. The Bertz CT molecular complexity index is 590. The predicted molar refractivity (Wildman–Crippen MR) is 105 cm³/mol. The van der Waals surface area contributed by atoms with E-state index in [4.69, 9.17) is 44.3 Å². The van der Waals surface area contributed by atoms with Crippen LogP contribution in [0, 0.1) is 0 Å². The fourth-order valence-corrected chi connectivity index (χ4v) is 2.91. The fraction of sp³-hybridized carbons (Fsp3) is 0.579. The molecule has 0 N–H and O–H groups in total. The van der Waals surface area contributed by atoms with Crippen molar-refractivity contribution >= 4 is 46.7 Å². The van der Waals surface area contributed by atoms with E-state index in [0.717, 1.165) is 12.8 Å². The number of ether oxygens (including phenoxy) is 2. The quantitative estimate of drug-likeness (QED) is 0.164. The summed E-state index contributed by atoms with van der Waals surface area (Å²) in [4.78, 5) is 23.4. The molecule has 0 saturated heterocycles. The van der Waals surface area contributed by atoms with Crippen LogP contribution in [0.5, 0.6) is 5.75 Å². The average molecular weight is 424 g/mol. The molecule has 0 amide bonds. The summed E-state index contributed by atoms with van der Waals surface area (Å²) >= 11 is 17.7. The summed E-state index contributed by atoms with van der Waals surface area (Å²) in [7, 11) is 0. The van der Waals surface area contributed by atoms with Crippen molar-refractivity contribution in [2.75, 3.05) is 6.61 Å². The average Bonchev–Trinajstić information content (AvgIpc) is 2.59. The topological polar surface area (TPSA) is 52.6 Å². The lowest BCUT2D eigenvalue weighted by Gasteiger charge is -2.08. The summed E-state index contributed by atoms with van der Waals surface area (Å²) < 4.78 is 10.3. The highest BCUT2D eigenvalue weighted by molar-refractivity contribution is 6.44. The third-order valence-electron chi connectivity index (χ3n) is 3.71. The van der Waals surface area contributed by atoms with Gasteiger partial charge in [-0.3, -0.25) is 9.59 Å². The zero-order valence-electron chi connectivity index (χ0n) is 15.0. The lowest BCUT2D eigenvalue weighted by Crippen LogP contribution is -2.09. The molecule has 0 bridgehead atoms. The summed E-state index contributed by atoms with van der Waals surface area (Å²) in [5.41, 5.74) is 0. The third-order valence-corrected chi connectivity index (χ3v) is 4.71. The molecule has 7 heteroatoms. The summed E-state index contributed by atoms with van der Waals surface area (Å²) in [6.07, 6.45) is 7.14. The maximum atomic E-state index is 11.8. The van der Waals surface area contributed by atoms with Crippen LogP contribution in [0.2, 0.25) is 15.1 Å². The van der Waals surface area contributed by atoms with Gasteiger partial charge in [0, 0.05) is 23.9 Å². The van der Waals surface area contributed by atoms with Crippen LogP contribution in [0.3, 0.4) is 0 Å². The molecule has 0 aliphatic heterocycles. The summed E-state index contributed by atoms with van der Waals surface area (Å²) in [5.74, 6) is -0.537. The van der Waals surface area contributed by atoms with E-state index in [0.29, 0.717) is 30.9 Å². The minimum atomic E-state index is -0.450. The van der Waals surface area contributed by atoms with Crippen LogP contribution in [0.1, 0.15) is 64.7 Å². The summed E-state index contributed by atoms with van der Waals surface area (Å²) in [6.45, 7) is 2.63. The van der Waals surface area contributed by atoms with Crippen molar-refractivity contribution in [3.05, 3.63) is 27.2 Å². The lowest BCUT2D eigenvalue weighted by molar-refractivity contribution is -0.144. The molecule has 0 atom stereocenters.